The zero-order chi connectivity index (χ0) is 20.9. The summed E-state index contributed by atoms with van der Waals surface area (Å²) in [6.45, 7) is 2.02. The van der Waals surface area contributed by atoms with Gasteiger partial charge in [0, 0.05) is 6.42 Å². The first kappa shape index (κ1) is 22.2. The van der Waals surface area contributed by atoms with E-state index in [1.807, 2.05) is 0 Å². The van der Waals surface area contributed by atoms with Crippen LogP contribution in [0.1, 0.15) is 29.6 Å². The first-order valence-electron chi connectivity index (χ1n) is 8.28. The van der Waals surface area contributed by atoms with Crippen LogP contribution in [0.4, 0.5) is 13.2 Å². The third-order valence-corrected chi connectivity index (χ3v) is 5.10. The standard InChI is InChI=1S/C14H17BrN2O4.C2HF3O2/c15-11-10(1-6-20-11)12(18)17-8-9-7-14(13(19)21-9)2-4-16-5-3-14;3-2(4,5)1(6)7/h1,6,9,16H,2-5,7-8H2,(H,17,18);(H,6,7). The minimum Gasteiger partial charge on any atom is -0.475 e. The molecule has 156 valence electrons. The van der Waals surface area contributed by atoms with E-state index in [0.717, 1.165) is 25.9 Å². The topological polar surface area (TPSA) is 118 Å². The Morgan fingerprint density at radius 1 is 1.36 bits per heavy atom. The maximum Gasteiger partial charge on any atom is 0.490 e. The largest absolute Gasteiger partial charge is 0.490 e. The number of carbonyl (C=O) groups is 3. The van der Waals surface area contributed by atoms with Crippen LogP contribution in [0, 0.1) is 5.41 Å². The average Bonchev–Trinajstić information content (AvgIpc) is 3.17. The molecule has 1 spiro atoms. The number of carbonyl (C=O) groups excluding carboxylic acids is 2. The number of ether oxygens (including phenoxy) is 1. The number of cyclic esters (lactones) is 1. The summed E-state index contributed by atoms with van der Waals surface area (Å²) in [6.07, 6.45) is -1.59. The van der Waals surface area contributed by atoms with E-state index in [1.54, 1.807) is 6.07 Å². The lowest BCUT2D eigenvalue weighted by atomic mass is 9.76. The fraction of sp³-hybridized carbons (Fsp3) is 0.562. The van der Waals surface area contributed by atoms with Crippen molar-refractivity contribution in [2.45, 2.75) is 31.5 Å². The molecule has 0 radical (unpaired) electrons. The molecule has 1 aromatic rings. The molecule has 0 aliphatic carbocycles. The van der Waals surface area contributed by atoms with Crippen molar-refractivity contribution >= 4 is 33.8 Å². The zero-order valence-corrected chi connectivity index (χ0v) is 16.1. The summed E-state index contributed by atoms with van der Waals surface area (Å²) >= 11 is 3.17. The van der Waals surface area contributed by atoms with Crippen molar-refractivity contribution in [3.63, 3.8) is 0 Å². The zero-order valence-electron chi connectivity index (χ0n) is 14.5. The quantitative estimate of drug-likeness (QED) is 0.578. The Bertz CT molecular complexity index is 730. The summed E-state index contributed by atoms with van der Waals surface area (Å²) < 4.78 is 42.6. The fourth-order valence-corrected chi connectivity index (χ4v) is 3.44. The van der Waals surface area contributed by atoms with Gasteiger partial charge in [-0.2, -0.15) is 13.2 Å². The highest BCUT2D eigenvalue weighted by atomic mass is 79.9. The summed E-state index contributed by atoms with van der Waals surface area (Å²) in [7, 11) is 0. The number of esters is 1. The van der Waals surface area contributed by atoms with Crippen LogP contribution in [0.5, 0.6) is 0 Å². The fourth-order valence-electron chi connectivity index (χ4n) is 3.02. The molecule has 3 rings (SSSR count). The molecule has 8 nitrogen and oxygen atoms in total. The number of hydrogen-bond acceptors (Lipinski definition) is 6. The molecule has 2 fully saturated rings. The van der Waals surface area contributed by atoms with E-state index >= 15 is 0 Å². The van der Waals surface area contributed by atoms with E-state index in [1.165, 1.54) is 6.26 Å². The van der Waals surface area contributed by atoms with Crippen molar-refractivity contribution in [2.24, 2.45) is 5.41 Å². The Labute approximate surface area is 165 Å². The maximum absolute atomic E-state index is 12.1. The van der Waals surface area contributed by atoms with E-state index < -0.39 is 12.1 Å². The number of aliphatic carboxylic acids is 1. The van der Waals surface area contributed by atoms with Gasteiger partial charge in [-0.15, -0.1) is 0 Å². The SMILES string of the molecule is O=C(NCC1CC2(CCNCC2)C(=O)O1)c1ccoc1Br.O=C(O)C(F)(F)F. The van der Waals surface area contributed by atoms with Crippen LogP contribution in [0.2, 0.25) is 0 Å². The number of alkyl halides is 3. The van der Waals surface area contributed by atoms with Crippen molar-refractivity contribution in [1.29, 1.82) is 0 Å². The number of nitrogens with one attached hydrogen (secondary N) is 2. The highest BCUT2D eigenvalue weighted by molar-refractivity contribution is 9.10. The number of carboxylic acid groups (broad SMARTS) is 1. The van der Waals surface area contributed by atoms with Crippen LogP contribution in [0.3, 0.4) is 0 Å². The van der Waals surface area contributed by atoms with Crippen molar-refractivity contribution in [2.75, 3.05) is 19.6 Å². The Hall–Kier alpha value is -2.08. The molecule has 2 aliphatic heterocycles. The molecule has 0 aromatic carbocycles. The Balaban J connectivity index is 0.000000345. The molecule has 3 heterocycles. The minimum absolute atomic E-state index is 0.118. The first-order chi connectivity index (χ1) is 13.0. The number of amides is 1. The van der Waals surface area contributed by atoms with Gasteiger partial charge in [-0.3, -0.25) is 9.59 Å². The van der Waals surface area contributed by atoms with Gasteiger partial charge in [-0.1, -0.05) is 0 Å². The van der Waals surface area contributed by atoms with Crippen molar-refractivity contribution < 1.29 is 41.8 Å². The highest BCUT2D eigenvalue weighted by Gasteiger charge is 2.49. The van der Waals surface area contributed by atoms with E-state index in [9.17, 15) is 22.8 Å². The van der Waals surface area contributed by atoms with E-state index in [0.29, 0.717) is 23.2 Å². The normalized spacial score (nSPS) is 20.9. The van der Waals surface area contributed by atoms with Crippen LogP contribution in [0.15, 0.2) is 21.4 Å². The van der Waals surface area contributed by atoms with Crippen LogP contribution in [-0.4, -0.2) is 54.9 Å². The molecule has 12 heteroatoms. The Morgan fingerprint density at radius 3 is 2.46 bits per heavy atom. The second-order valence-corrected chi connectivity index (χ2v) is 7.10. The number of carboxylic acids is 1. The maximum atomic E-state index is 12.1. The van der Waals surface area contributed by atoms with E-state index in [4.69, 9.17) is 19.1 Å². The van der Waals surface area contributed by atoms with Crippen LogP contribution >= 0.6 is 15.9 Å². The van der Waals surface area contributed by atoms with Gasteiger partial charge in [0.25, 0.3) is 5.91 Å². The van der Waals surface area contributed by atoms with Gasteiger partial charge in [-0.05, 0) is 47.9 Å². The molecule has 1 amide bonds. The molecular formula is C16H18BrF3N2O6. The Morgan fingerprint density at radius 2 is 1.96 bits per heavy atom. The Kier molecular flexibility index (Phi) is 7.10. The predicted octanol–water partition coefficient (Wildman–Crippen LogP) is 2.09. The molecule has 1 unspecified atom stereocenters. The summed E-state index contributed by atoms with van der Waals surface area (Å²) in [4.78, 5) is 33.0. The molecule has 28 heavy (non-hydrogen) atoms. The van der Waals surface area contributed by atoms with Gasteiger partial charge in [0.1, 0.15) is 6.10 Å². The molecule has 0 saturated carbocycles. The second kappa shape index (κ2) is 8.95. The summed E-state index contributed by atoms with van der Waals surface area (Å²) in [5.41, 5.74) is 0.0903. The summed E-state index contributed by atoms with van der Waals surface area (Å²) in [5, 5.41) is 13.2. The van der Waals surface area contributed by atoms with Gasteiger partial charge in [0.15, 0.2) is 4.67 Å². The van der Waals surface area contributed by atoms with Crippen molar-refractivity contribution in [1.82, 2.24) is 10.6 Å². The average molecular weight is 471 g/mol. The third kappa shape index (κ3) is 5.47. The molecule has 2 saturated heterocycles. The van der Waals surface area contributed by atoms with Gasteiger partial charge in [0.2, 0.25) is 0 Å². The van der Waals surface area contributed by atoms with Gasteiger partial charge < -0.3 is 24.9 Å². The summed E-state index contributed by atoms with van der Waals surface area (Å²) in [6, 6.07) is 1.59. The van der Waals surface area contributed by atoms with Crippen LogP contribution < -0.4 is 10.6 Å². The number of hydrogen-bond donors (Lipinski definition) is 3. The molecule has 1 atom stereocenters. The van der Waals surface area contributed by atoms with E-state index in [-0.39, 0.29) is 23.4 Å². The summed E-state index contributed by atoms with van der Waals surface area (Å²) in [5.74, 6) is -3.11. The smallest absolute Gasteiger partial charge is 0.475 e. The van der Waals surface area contributed by atoms with Crippen LogP contribution in [0.25, 0.3) is 0 Å². The van der Waals surface area contributed by atoms with Crippen molar-refractivity contribution in [3.05, 3.63) is 22.6 Å². The molecule has 1 aromatic heterocycles. The predicted molar refractivity (Wildman–Crippen MR) is 91.5 cm³/mol. The molecule has 0 bridgehead atoms. The number of furan rings is 1. The number of rotatable bonds is 3. The van der Waals surface area contributed by atoms with E-state index in [2.05, 4.69) is 26.6 Å². The lowest BCUT2D eigenvalue weighted by Gasteiger charge is -2.29. The molecule has 3 N–H and O–H groups in total. The molecule has 2 aliphatic rings. The lowest BCUT2D eigenvalue weighted by Crippen LogP contribution is -2.39. The first-order valence-corrected chi connectivity index (χ1v) is 9.07. The van der Waals surface area contributed by atoms with Gasteiger partial charge >= 0.3 is 18.1 Å². The highest BCUT2D eigenvalue weighted by Crippen LogP contribution is 2.41. The number of halogens is 4. The van der Waals surface area contributed by atoms with Crippen LogP contribution in [-0.2, 0) is 14.3 Å². The molecular weight excluding hydrogens is 453 g/mol. The lowest BCUT2D eigenvalue weighted by molar-refractivity contribution is -0.192. The van der Waals surface area contributed by atoms with Gasteiger partial charge in [-0.25, -0.2) is 4.79 Å². The number of piperidine rings is 1. The van der Waals surface area contributed by atoms with Crippen molar-refractivity contribution in [3.8, 4) is 0 Å². The third-order valence-electron chi connectivity index (χ3n) is 4.48. The van der Waals surface area contributed by atoms with Gasteiger partial charge in [0.05, 0.1) is 23.8 Å². The monoisotopic (exact) mass is 470 g/mol. The second-order valence-electron chi connectivity index (χ2n) is 6.38. The minimum atomic E-state index is -5.08.